The first-order valence-corrected chi connectivity index (χ1v) is 15.1. The van der Waals surface area contributed by atoms with Crippen molar-refractivity contribution in [3.05, 3.63) is 94.8 Å². The van der Waals surface area contributed by atoms with Crippen molar-refractivity contribution in [3.63, 3.8) is 0 Å². The van der Waals surface area contributed by atoms with Crippen LogP contribution in [0.4, 0.5) is 0 Å². The predicted molar refractivity (Wildman–Crippen MR) is 171 cm³/mol. The molecule has 3 aromatic rings. The number of methoxy groups -OCH3 is 1. The number of aromatic hydroxyl groups is 1. The summed E-state index contributed by atoms with van der Waals surface area (Å²) < 4.78 is 23.2. The molecule has 244 valence electrons. The van der Waals surface area contributed by atoms with Crippen LogP contribution >= 0.6 is 0 Å². The zero-order chi connectivity index (χ0) is 33.2. The summed E-state index contributed by atoms with van der Waals surface area (Å²) in [5.41, 5.74) is 3.55. The molecule has 0 radical (unpaired) electrons. The number of aliphatic hydroxyl groups excluding tert-OH is 3. The first-order valence-electron chi connectivity index (χ1n) is 15.1. The molecule has 1 aliphatic carbocycles. The molecule has 0 spiro atoms. The summed E-state index contributed by atoms with van der Waals surface area (Å²) in [6, 6.07) is 6.41. The number of Topliss-reactive ketones (excluding diaryl/α,β-unsaturated/α-hetero) is 2. The van der Waals surface area contributed by atoms with E-state index in [1.165, 1.54) is 13.2 Å². The minimum absolute atomic E-state index is 0.00376. The van der Waals surface area contributed by atoms with Crippen LogP contribution in [0.15, 0.2) is 76.7 Å². The van der Waals surface area contributed by atoms with Crippen LogP contribution < -0.4 is 9.47 Å². The number of aromatic nitrogens is 1. The van der Waals surface area contributed by atoms with Crippen molar-refractivity contribution in [1.29, 1.82) is 0 Å². The van der Waals surface area contributed by atoms with Gasteiger partial charge < -0.3 is 44.4 Å². The van der Waals surface area contributed by atoms with Gasteiger partial charge in [0.2, 0.25) is 6.29 Å². The molecule has 5 N–H and O–H groups in total. The number of nitrogens with one attached hydrogen (secondary N) is 1. The summed E-state index contributed by atoms with van der Waals surface area (Å²) in [7, 11) is 1.45. The van der Waals surface area contributed by atoms with Gasteiger partial charge in [-0.05, 0) is 30.0 Å². The van der Waals surface area contributed by atoms with Crippen LogP contribution in [0.1, 0.15) is 39.1 Å². The number of benzene rings is 2. The first-order chi connectivity index (χ1) is 22.7. The zero-order valence-electron chi connectivity index (χ0n) is 25.8. The number of aliphatic imine (C=N–C) groups is 1. The van der Waals surface area contributed by atoms with Crippen LogP contribution in [0, 0.1) is 13.3 Å². The van der Waals surface area contributed by atoms with Crippen molar-refractivity contribution in [3.8, 4) is 17.2 Å². The third kappa shape index (κ3) is 6.46. The standard InChI is InChI=1S/C35H34N2O10/c1-18-11-20-12-22(44-2)13-27(30(20)32(41)29(18)26(39)8-7-25(38)19-9-10-36-14-19)46-35-34(43)33(42)31(40)28(47-35)17-45-16-21-15-37-24-6-4-3-5-23(21)24/h3-6,9-15,28,31,33-35,40,42-43H,7-8,16-17H2,1-2H3,(H-,36,38,39,41)/p+1/t28-,31-,33+,34-,35+/m1/s1. The van der Waals surface area contributed by atoms with Gasteiger partial charge in [0, 0.05) is 61.5 Å². The summed E-state index contributed by atoms with van der Waals surface area (Å²) in [6.07, 6.45) is 4.88. The second-order valence-corrected chi connectivity index (χ2v) is 11.5. The van der Waals surface area contributed by atoms with Crippen molar-refractivity contribution in [2.75, 3.05) is 20.3 Å². The normalized spacial score (nSPS) is 23.4. The molecule has 1 fully saturated rings. The van der Waals surface area contributed by atoms with Gasteiger partial charge in [0.15, 0.2) is 17.3 Å². The molecule has 6 rings (SSSR count). The van der Waals surface area contributed by atoms with Crippen molar-refractivity contribution in [1.82, 2.24) is 4.98 Å². The van der Waals surface area contributed by atoms with Crippen molar-refractivity contribution in [2.24, 2.45) is 4.99 Å². The largest absolute Gasteiger partial charge is 0.506 e. The van der Waals surface area contributed by atoms with Crippen LogP contribution in [-0.4, -0.2) is 94.2 Å². The van der Waals surface area contributed by atoms with E-state index in [0.29, 0.717) is 22.3 Å². The maximum absolute atomic E-state index is 13.3. The van der Waals surface area contributed by atoms with Gasteiger partial charge in [-0.15, -0.1) is 0 Å². The minimum Gasteiger partial charge on any atom is -0.506 e. The zero-order valence-corrected chi connectivity index (χ0v) is 25.8. The molecule has 47 heavy (non-hydrogen) atoms. The van der Waals surface area contributed by atoms with Crippen LogP contribution in [0.2, 0.25) is 0 Å². The van der Waals surface area contributed by atoms with E-state index in [4.69, 9.17) is 18.9 Å². The Hall–Kier alpha value is -4.72. The number of phenolic OH excluding ortho intramolecular Hbond substituents is 1. The summed E-state index contributed by atoms with van der Waals surface area (Å²) >= 11 is 0. The number of phenols is 1. The van der Waals surface area contributed by atoms with Crippen LogP contribution in [0.5, 0.6) is 17.2 Å². The Morgan fingerprint density at radius 2 is 1.89 bits per heavy atom. The van der Waals surface area contributed by atoms with Gasteiger partial charge in [-0.1, -0.05) is 6.07 Å². The molecule has 1 saturated heterocycles. The van der Waals surface area contributed by atoms with E-state index in [-0.39, 0.29) is 54.3 Å². The van der Waals surface area contributed by atoms with Gasteiger partial charge in [-0.3, -0.25) is 9.59 Å². The highest BCUT2D eigenvalue weighted by Crippen LogP contribution is 2.42. The number of ether oxygens (including phenoxy) is 4. The number of allylic oxidation sites excluding steroid dienone is 4. The van der Waals surface area contributed by atoms with Crippen molar-refractivity contribution >= 4 is 28.6 Å². The van der Waals surface area contributed by atoms with E-state index in [9.17, 15) is 30.0 Å². The SMILES string of the molecule is COc1cc(O[C@H]2O[C@H](COCC3=C4[CH+]C=CC=C4N=C3)[C@@H](O)[C@H](O)[C@H]2O)c2c(O)c(C(=O)CCC(=O)c3cc[nH]c3)c(C)cc2c1. The molecule has 12 nitrogen and oxygen atoms in total. The molecule has 0 unspecified atom stereocenters. The maximum Gasteiger partial charge on any atom is 0.229 e. The quantitative estimate of drug-likeness (QED) is 0.145. The van der Waals surface area contributed by atoms with E-state index in [2.05, 4.69) is 9.98 Å². The monoisotopic (exact) mass is 643 g/mol. The number of carbonyl (C=O) groups excluding carboxylic acids is 2. The number of fused-ring (bicyclic) bond motifs is 2. The molecule has 12 heteroatoms. The lowest BCUT2D eigenvalue weighted by atomic mass is 9.94. The molecular formula is C35H35N2O10+. The molecule has 2 aliphatic heterocycles. The lowest BCUT2D eigenvalue weighted by Crippen LogP contribution is -2.60. The Morgan fingerprint density at radius 3 is 2.66 bits per heavy atom. The Labute approximate surface area is 270 Å². The van der Waals surface area contributed by atoms with Crippen LogP contribution in [0.3, 0.4) is 0 Å². The Kier molecular flexibility index (Phi) is 9.30. The lowest BCUT2D eigenvalue weighted by Gasteiger charge is -2.40. The number of rotatable bonds is 12. The van der Waals surface area contributed by atoms with Crippen molar-refractivity contribution in [2.45, 2.75) is 50.5 Å². The number of H-pyrrole nitrogens is 1. The minimum atomic E-state index is -1.68. The number of aliphatic hydroxyl groups is 3. The van der Waals surface area contributed by atoms with E-state index < -0.39 is 36.5 Å². The second kappa shape index (κ2) is 13.6. The fourth-order valence-electron chi connectivity index (χ4n) is 5.90. The highest BCUT2D eigenvalue weighted by Gasteiger charge is 2.45. The topological polar surface area (TPSA) is 180 Å². The van der Waals surface area contributed by atoms with E-state index >= 15 is 0 Å². The number of hydrogen-bond acceptors (Lipinski definition) is 11. The van der Waals surface area contributed by atoms with E-state index in [1.807, 2.05) is 24.6 Å². The number of ketones is 2. The van der Waals surface area contributed by atoms with E-state index in [1.54, 1.807) is 43.7 Å². The van der Waals surface area contributed by atoms with Gasteiger partial charge in [0.1, 0.15) is 53.8 Å². The molecule has 0 saturated carbocycles. The lowest BCUT2D eigenvalue weighted by molar-refractivity contribution is -0.279. The average molecular weight is 644 g/mol. The molecule has 1 aromatic heterocycles. The molecular weight excluding hydrogens is 608 g/mol. The Morgan fingerprint density at radius 1 is 1.09 bits per heavy atom. The molecule has 3 heterocycles. The van der Waals surface area contributed by atoms with Gasteiger partial charge in [-0.2, -0.15) is 4.99 Å². The molecule has 5 atom stereocenters. The van der Waals surface area contributed by atoms with Gasteiger partial charge in [0.25, 0.3) is 0 Å². The summed E-state index contributed by atoms with van der Waals surface area (Å²) in [5.74, 6) is -0.684. The fraction of sp³-hybridized carbons (Fsp3) is 0.314. The first kappa shape index (κ1) is 32.2. The third-order valence-corrected chi connectivity index (χ3v) is 8.42. The Bertz CT molecular complexity index is 1810. The summed E-state index contributed by atoms with van der Waals surface area (Å²) in [5, 5.41) is 44.3. The van der Waals surface area contributed by atoms with Gasteiger partial charge in [-0.25, -0.2) is 0 Å². The second-order valence-electron chi connectivity index (χ2n) is 11.5. The number of aromatic amines is 1. The van der Waals surface area contributed by atoms with Gasteiger partial charge >= 0.3 is 0 Å². The van der Waals surface area contributed by atoms with Crippen molar-refractivity contribution < 1.29 is 49.0 Å². The molecule has 0 bridgehead atoms. The van der Waals surface area contributed by atoms with Crippen LogP contribution in [-0.2, 0) is 9.47 Å². The average Bonchev–Trinajstić information content (AvgIpc) is 3.75. The number of nitrogens with zero attached hydrogens (tertiary/aromatic N) is 1. The summed E-state index contributed by atoms with van der Waals surface area (Å²) in [6.45, 7) is 1.69. The maximum atomic E-state index is 13.3. The predicted octanol–water partition coefficient (Wildman–Crippen LogP) is 3.28. The number of hydrogen-bond donors (Lipinski definition) is 5. The fourth-order valence-corrected chi connectivity index (χ4v) is 5.90. The van der Waals surface area contributed by atoms with E-state index in [0.717, 1.165) is 16.8 Å². The summed E-state index contributed by atoms with van der Waals surface area (Å²) in [4.78, 5) is 33.0. The smallest absolute Gasteiger partial charge is 0.229 e. The molecule has 2 aromatic carbocycles. The highest BCUT2D eigenvalue weighted by molar-refractivity contribution is 6.09. The molecule has 0 amide bonds. The number of carbonyl (C=O) groups is 2. The van der Waals surface area contributed by atoms with Gasteiger partial charge in [0.05, 0.1) is 36.5 Å². The Balaban J connectivity index is 1.22. The van der Waals surface area contributed by atoms with Crippen LogP contribution in [0.25, 0.3) is 10.8 Å². The number of aryl methyl sites for hydroxylation is 1. The highest BCUT2D eigenvalue weighted by atomic mass is 16.7. The molecule has 3 aliphatic rings. The third-order valence-electron chi connectivity index (χ3n) is 8.42.